The Morgan fingerprint density at radius 3 is 2.59 bits per heavy atom. The average molecular weight is 421 g/mol. The SMILES string of the molecule is CCn1c(N2CCN(Cc3c(F)cccc3Cl)CC2)nc2c1c(=O)[nH]c(=O)n2C. The number of aryl methyl sites for hydroxylation is 2. The lowest BCUT2D eigenvalue weighted by Gasteiger charge is -2.35. The van der Waals surface area contributed by atoms with E-state index in [-0.39, 0.29) is 5.82 Å². The second kappa shape index (κ2) is 7.64. The molecular formula is C19H22ClFN6O2. The minimum Gasteiger partial charge on any atom is -0.340 e. The summed E-state index contributed by atoms with van der Waals surface area (Å²) in [6.07, 6.45) is 0. The molecule has 1 N–H and O–H groups in total. The molecule has 1 aliphatic heterocycles. The first-order chi connectivity index (χ1) is 13.9. The van der Waals surface area contributed by atoms with Crippen molar-refractivity contribution in [3.05, 3.63) is 55.4 Å². The number of piperazine rings is 1. The second-order valence-electron chi connectivity index (χ2n) is 7.11. The molecule has 3 heterocycles. The van der Waals surface area contributed by atoms with Crippen LogP contribution in [0.1, 0.15) is 12.5 Å². The van der Waals surface area contributed by atoms with Gasteiger partial charge in [0, 0.05) is 56.9 Å². The van der Waals surface area contributed by atoms with Crippen molar-refractivity contribution in [3.8, 4) is 0 Å². The Bertz CT molecular complexity index is 1160. The highest BCUT2D eigenvalue weighted by molar-refractivity contribution is 6.31. The molecule has 0 spiro atoms. The third kappa shape index (κ3) is 3.44. The van der Waals surface area contributed by atoms with Gasteiger partial charge in [-0.1, -0.05) is 17.7 Å². The Morgan fingerprint density at radius 1 is 1.21 bits per heavy atom. The summed E-state index contributed by atoms with van der Waals surface area (Å²) < 4.78 is 17.3. The molecule has 0 atom stereocenters. The summed E-state index contributed by atoms with van der Waals surface area (Å²) >= 11 is 6.15. The van der Waals surface area contributed by atoms with Crippen molar-refractivity contribution in [1.82, 2.24) is 24.0 Å². The molecule has 2 aromatic heterocycles. The van der Waals surface area contributed by atoms with E-state index in [0.717, 1.165) is 0 Å². The summed E-state index contributed by atoms with van der Waals surface area (Å²) in [6.45, 7) is 5.67. The van der Waals surface area contributed by atoms with E-state index in [2.05, 4.69) is 19.8 Å². The largest absolute Gasteiger partial charge is 0.340 e. The molecule has 10 heteroatoms. The van der Waals surface area contributed by atoms with Gasteiger partial charge in [0.2, 0.25) is 5.95 Å². The summed E-state index contributed by atoms with van der Waals surface area (Å²) in [5.41, 5.74) is 0.351. The number of fused-ring (bicyclic) bond motifs is 1. The first-order valence-electron chi connectivity index (χ1n) is 9.50. The van der Waals surface area contributed by atoms with Crippen LogP contribution in [0.5, 0.6) is 0 Å². The maximum Gasteiger partial charge on any atom is 0.329 e. The summed E-state index contributed by atoms with van der Waals surface area (Å²) in [4.78, 5) is 35.4. The maximum absolute atomic E-state index is 14.1. The van der Waals surface area contributed by atoms with Gasteiger partial charge in [-0.15, -0.1) is 0 Å². The van der Waals surface area contributed by atoms with Gasteiger partial charge in [-0.25, -0.2) is 9.18 Å². The van der Waals surface area contributed by atoms with E-state index in [9.17, 15) is 14.0 Å². The fourth-order valence-corrected chi connectivity index (χ4v) is 4.00. The smallest absolute Gasteiger partial charge is 0.329 e. The lowest BCUT2D eigenvalue weighted by molar-refractivity contribution is 0.245. The molecule has 0 aliphatic carbocycles. The van der Waals surface area contributed by atoms with Gasteiger partial charge in [-0.3, -0.25) is 19.2 Å². The highest BCUT2D eigenvalue weighted by Crippen LogP contribution is 2.24. The second-order valence-corrected chi connectivity index (χ2v) is 7.52. The average Bonchev–Trinajstić information content (AvgIpc) is 3.10. The summed E-state index contributed by atoms with van der Waals surface area (Å²) in [6, 6.07) is 4.72. The van der Waals surface area contributed by atoms with Gasteiger partial charge in [-0.2, -0.15) is 4.98 Å². The van der Waals surface area contributed by atoms with E-state index in [0.29, 0.717) is 67.0 Å². The summed E-state index contributed by atoms with van der Waals surface area (Å²) in [5.74, 6) is 0.366. The quantitative estimate of drug-likeness (QED) is 0.693. The maximum atomic E-state index is 14.1. The number of benzene rings is 1. The summed E-state index contributed by atoms with van der Waals surface area (Å²) in [7, 11) is 1.59. The Balaban J connectivity index is 1.58. The van der Waals surface area contributed by atoms with Crippen LogP contribution < -0.4 is 16.1 Å². The number of aromatic nitrogens is 4. The molecule has 0 amide bonds. The van der Waals surface area contributed by atoms with Crippen molar-refractivity contribution < 1.29 is 4.39 Å². The lowest BCUT2D eigenvalue weighted by atomic mass is 10.2. The third-order valence-electron chi connectivity index (χ3n) is 5.40. The number of H-pyrrole nitrogens is 1. The minimum atomic E-state index is -0.485. The van der Waals surface area contributed by atoms with E-state index in [1.807, 2.05) is 11.5 Å². The zero-order valence-electron chi connectivity index (χ0n) is 16.3. The number of hydrogen-bond donors (Lipinski definition) is 1. The van der Waals surface area contributed by atoms with E-state index in [1.54, 1.807) is 19.2 Å². The molecule has 0 saturated carbocycles. The van der Waals surface area contributed by atoms with Crippen molar-refractivity contribution in [2.45, 2.75) is 20.0 Å². The highest BCUT2D eigenvalue weighted by atomic mass is 35.5. The van der Waals surface area contributed by atoms with E-state index >= 15 is 0 Å². The van der Waals surface area contributed by atoms with Crippen LogP contribution in [0, 0.1) is 5.82 Å². The van der Waals surface area contributed by atoms with Gasteiger partial charge >= 0.3 is 5.69 Å². The Labute approximate surface area is 171 Å². The lowest BCUT2D eigenvalue weighted by Crippen LogP contribution is -2.47. The zero-order valence-corrected chi connectivity index (χ0v) is 17.0. The van der Waals surface area contributed by atoms with Crippen molar-refractivity contribution >= 4 is 28.7 Å². The molecule has 0 bridgehead atoms. The highest BCUT2D eigenvalue weighted by Gasteiger charge is 2.25. The van der Waals surface area contributed by atoms with Crippen molar-refractivity contribution in [2.24, 2.45) is 7.05 Å². The monoisotopic (exact) mass is 420 g/mol. The van der Waals surface area contributed by atoms with Crippen LogP contribution in [0.25, 0.3) is 11.2 Å². The topological polar surface area (TPSA) is 79.2 Å². The molecule has 29 heavy (non-hydrogen) atoms. The predicted molar refractivity (Wildman–Crippen MR) is 110 cm³/mol. The molecule has 0 radical (unpaired) electrons. The van der Waals surface area contributed by atoms with E-state index in [4.69, 9.17) is 11.6 Å². The minimum absolute atomic E-state index is 0.298. The molecule has 0 unspecified atom stereocenters. The van der Waals surface area contributed by atoms with Crippen molar-refractivity contribution in [2.75, 3.05) is 31.1 Å². The molecule has 154 valence electrons. The predicted octanol–water partition coefficient (Wildman–Crippen LogP) is 1.56. The Morgan fingerprint density at radius 2 is 1.93 bits per heavy atom. The molecule has 3 aromatic rings. The number of nitrogens with one attached hydrogen (secondary N) is 1. The van der Waals surface area contributed by atoms with Crippen LogP contribution in [0.15, 0.2) is 27.8 Å². The van der Waals surface area contributed by atoms with Crippen LogP contribution in [0.3, 0.4) is 0 Å². The van der Waals surface area contributed by atoms with E-state index < -0.39 is 11.2 Å². The standard InChI is InChI=1S/C19H22ClFN6O2/c1-3-27-15-16(24(2)19(29)23-17(15)28)22-18(27)26-9-7-25(8-10-26)11-12-13(20)5-4-6-14(12)21/h4-6H,3,7-11H2,1-2H3,(H,23,28,29). The number of nitrogens with zero attached hydrogens (tertiary/aromatic N) is 5. The van der Waals surface area contributed by atoms with Crippen LogP contribution in [-0.2, 0) is 20.1 Å². The van der Waals surface area contributed by atoms with Gasteiger partial charge in [0.15, 0.2) is 11.2 Å². The van der Waals surface area contributed by atoms with Gasteiger partial charge in [-0.05, 0) is 19.1 Å². The Hall–Kier alpha value is -2.65. The number of imidazole rings is 1. The van der Waals surface area contributed by atoms with Crippen LogP contribution in [-0.4, -0.2) is 50.2 Å². The first-order valence-corrected chi connectivity index (χ1v) is 9.88. The van der Waals surface area contributed by atoms with Crippen LogP contribution >= 0.6 is 11.6 Å². The number of hydrogen-bond acceptors (Lipinski definition) is 5. The third-order valence-corrected chi connectivity index (χ3v) is 5.76. The summed E-state index contributed by atoms with van der Waals surface area (Å²) in [5, 5.41) is 0.431. The normalized spacial score (nSPS) is 15.4. The fourth-order valence-electron chi connectivity index (χ4n) is 3.78. The zero-order chi connectivity index (χ0) is 20.7. The van der Waals surface area contributed by atoms with Gasteiger partial charge < -0.3 is 9.47 Å². The van der Waals surface area contributed by atoms with Crippen LogP contribution in [0.4, 0.5) is 10.3 Å². The molecule has 1 aliphatic rings. The van der Waals surface area contributed by atoms with E-state index in [1.165, 1.54) is 10.6 Å². The molecule has 1 aromatic carbocycles. The molecule has 1 saturated heterocycles. The number of rotatable bonds is 4. The Kier molecular flexibility index (Phi) is 5.18. The van der Waals surface area contributed by atoms with Crippen molar-refractivity contribution in [3.63, 3.8) is 0 Å². The first kappa shape index (κ1) is 19.7. The van der Waals surface area contributed by atoms with Crippen LogP contribution in [0.2, 0.25) is 5.02 Å². The van der Waals surface area contributed by atoms with Gasteiger partial charge in [0.25, 0.3) is 5.56 Å². The molecular weight excluding hydrogens is 399 g/mol. The molecule has 1 fully saturated rings. The van der Waals surface area contributed by atoms with Crippen molar-refractivity contribution in [1.29, 1.82) is 0 Å². The molecule has 4 rings (SSSR count). The molecule has 8 nitrogen and oxygen atoms in total. The number of aromatic amines is 1. The fraction of sp³-hybridized carbons (Fsp3) is 0.421. The number of anilines is 1. The number of halogens is 2. The van der Waals surface area contributed by atoms with Gasteiger partial charge in [0.05, 0.1) is 0 Å². The van der Waals surface area contributed by atoms with Gasteiger partial charge in [0.1, 0.15) is 5.82 Å².